The van der Waals surface area contributed by atoms with Gasteiger partial charge in [-0.25, -0.2) is 4.39 Å². The molecule has 168 valence electrons. The molecule has 0 amide bonds. The summed E-state index contributed by atoms with van der Waals surface area (Å²) in [5, 5.41) is 0. The zero-order valence-corrected chi connectivity index (χ0v) is 19.3. The van der Waals surface area contributed by atoms with Crippen molar-refractivity contribution in [3.8, 4) is 11.1 Å². The van der Waals surface area contributed by atoms with Gasteiger partial charge in [0.15, 0.2) is 6.29 Å². The van der Waals surface area contributed by atoms with Crippen molar-refractivity contribution in [2.45, 2.75) is 77.9 Å². The molecule has 1 heterocycles. The Kier molecular flexibility index (Phi) is 7.13. The average Bonchev–Trinajstić information content (AvgIpc) is 2.80. The summed E-state index contributed by atoms with van der Waals surface area (Å²) in [5.41, 5.74) is 4.19. The monoisotopic (exact) mass is 424 g/mol. The van der Waals surface area contributed by atoms with Gasteiger partial charge in [0.1, 0.15) is 5.82 Å². The number of hydrogen-bond acceptors (Lipinski definition) is 2. The van der Waals surface area contributed by atoms with Gasteiger partial charge < -0.3 is 9.47 Å². The van der Waals surface area contributed by atoms with Gasteiger partial charge in [-0.2, -0.15) is 0 Å². The molecule has 1 saturated carbocycles. The van der Waals surface area contributed by atoms with Crippen molar-refractivity contribution in [1.29, 1.82) is 0 Å². The van der Waals surface area contributed by atoms with E-state index in [0.717, 1.165) is 36.3 Å². The van der Waals surface area contributed by atoms with E-state index in [-0.39, 0.29) is 12.1 Å². The van der Waals surface area contributed by atoms with Crippen molar-refractivity contribution in [3.05, 3.63) is 59.4 Å². The smallest absolute Gasteiger partial charge is 0.183 e. The molecule has 0 bridgehead atoms. The van der Waals surface area contributed by atoms with Crippen molar-refractivity contribution >= 4 is 0 Å². The summed E-state index contributed by atoms with van der Waals surface area (Å²) < 4.78 is 26.8. The lowest BCUT2D eigenvalue weighted by Crippen LogP contribution is -2.26. The molecule has 1 aliphatic heterocycles. The second kappa shape index (κ2) is 9.83. The Morgan fingerprint density at radius 2 is 1.58 bits per heavy atom. The Hall–Kier alpha value is -1.71. The van der Waals surface area contributed by atoms with Crippen molar-refractivity contribution in [1.82, 2.24) is 0 Å². The third-order valence-electron chi connectivity index (χ3n) is 7.55. The zero-order valence-electron chi connectivity index (χ0n) is 19.3. The van der Waals surface area contributed by atoms with E-state index in [0.29, 0.717) is 22.8 Å². The fourth-order valence-electron chi connectivity index (χ4n) is 5.31. The summed E-state index contributed by atoms with van der Waals surface area (Å²) in [4.78, 5) is 0. The van der Waals surface area contributed by atoms with E-state index in [1.54, 1.807) is 6.07 Å². The molecule has 4 rings (SSSR count). The van der Waals surface area contributed by atoms with Crippen molar-refractivity contribution < 1.29 is 13.9 Å². The molecule has 0 N–H and O–H groups in total. The van der Waals surface area contributed by atoms with Gasteiger partial charge in [0.25, 0.3) is 0 Å². The van der Waals surface area contributed by atoms with Gasteiger partial charge in [-0.1, -0.05) is 63.6 Å². The molecular weight excluding hydrogens is 387 g/mol. The lowest BCUT2D eigenvalue weighted by molar-refractivity contribution is -0.205. The summed E-state index contributed by atoms with van der Waals surface area (Å²) in [6.45, 7) is 8.32. The molecule has 0 spiro atoms. The van der Waals surface area contributed by atoms with E-state index in [1.807, 2.05) is 30.3 Å². The van der Waals surface area contributed by atoms with Crippen molar-refractivity contribution in [2.75, 3.05) is 13.2 Å². The van der Waals surface area contributed by atoms with Crippen LogP contribution in [0.1, 0.15) is 89.1 Å². The first-order valence-electron chi connectivity index (χ1n) is 12.1. The van der Waals surface area contributed by atoms with Gasteiger partial charge in [0.2, 0.25) is 0 Å². The highest BCUT2D eigenvalue weighted by molar-refractivity contribution is 5.65. The van der Waals surface area contributed by atoms with Gasteiger partial charge in [-0.15, -0.1) is 0 Å². The first kappa shape index (κ1) is 22.5. The molecule has 0 atom stereocenters. The topological polar surface area (TPSA) is 18.5 Å². The maximum atomic E-state index is 15.1. The third-order valence-corrected chi connectivity index (χ3v) is 7.55. The van der Waals surface area contributed by atoms with E-state index < -0.39 is 0 Å². The lowest BCUT2D eigenvalue weighted by atomic mass is 9.68. The summed E-state index contributed by atoms with van der Waals surface area (Å²) in [7, 11) is 0. The molecule has 0 aromatic heterocycles. The molecule has 2 aromatic carbocycles. The number of ether oxygens (including phenoxy) is 2. The third kappa shape index (κ3) is 5.21. The van der Waals surface area contributed by atoms with E-state index in [2.05, 4.69) is 26.8 Å². The van der Waals surface area contributed by atoms with Crippen LogP contribution in [0, 0.1) is 17.2 Å². The van der Waals surface area contributed by atoms with E-state index >= 15 is 4.39 Å². The van der Waals surface area contributed by atoms with Crippen LogP contribution < -0.4 is 0 Å². The van der Waals surface area contributed by atoms with Crippen LogP contribution in [0.2, 0.25) is 0 Å². The molecular formula is C28H37FO2. The molecule has 1 saturated heterocycles. The minimum Gasteiger partial charge on any atom is -0.348 e. The summed E-state index contributed by atoms with van der Waals surface area (Å²) in [6, 6.07) is 13.8. The largest absolute Gasteiger partial charge is 0.348 e. The molecule has 2 fully saturated rings. The maximum absolute atomic E-state index is 15.1. The highest BCUT2D eigenvalue weighted by atomic mass is 19.1. The van der Waals surface area contributed by atoms with Crippen molar-refractivity contribution in [2.24, 2.45) is 11.3 Å². The first-order chi connectivity index (χ1) is 15.0. The molecule has 2 aromatic rings. The fourth-order valence-corrected chi connectivity index (χ4v) is 5.31. The van der Waals surface area contributed by atoms with Crippen LogP contribution in [0.3, 0.4) is 0 Å². The Morgan fingerprint density at radius 1 is 0.935 bits per heavy atom. The molecule has 0 unspecified atom stereocenters. The minimum atomic E-state index is -0.311. The van der Waals surface area contributed by atoms with Crippen LogP contribution >= 0.6 is 0 Å². The number of hydrogen-bond donors (Lipinski definition) is 0. The Bertz CT molecular complexity index is 844. The predicted molar refractivity (Wildman–Crippen MR) is 124 cm³/mol. The van der Waals surface area contributed by atoms with Crippen molar-refractivity contribution in [3.63, 3.8) is 0 Å². The summed E-state index contributed by atoms with van der Waals surface area (Å²) in [6.07, 6.45) is 8.16. The fraction of sp³-hybridized carbons (Fsp3) is 0.571. The van der Waals surface area contributed by atoms with Gasteiger partial charge >= 0.3 is 0 Å². The van der Waals surface area contributed by atoms with Crippen LogP contribution in [-0.2, 0) is 9.47 Å². The van der Waals surface area contributed by atoms with Crippen LogP contribution in [0.15, 0.2) is 42.5 Å². The first-order valence-corrected chi connectivity index (χ1v) is 12.1. The second-order valence-electron chi connectivity index (χ2n) is 9.97. The van der Waals surface area contributed by atoms with Gasteiger partial charge in [0, 0.05) is 17.0 Å². The van der Waals surface area contributed by atoms with Gasteiger partial charge in [-0.3, -0.25) is 0 Å². The maximum Gasteiger partial charge on any atom is 0.183 e. The summed E-state index contributed by atoms with van der Waals surface area (Å²) in [5.74, 6) is 0.846. The Morgan fingerprint density at radius 3 is 2.16 bits per heavy atom. The minimum absolute atomic E-state index is 0.122. The van der Waals surface area contributed by atoms with E-state index in [1.165, 1.54) is 38.5 Å². The molecule has 31 heavy (non-hydrogen) atoms. The molecule has 3 heteroatoms. The molecule has 0 radical (unpaired) electrons. The second-order valence-corrected chi connectivity index (χ2v) is 9.97. The average molecular weight is 425 g/mol. The summed E-state index contributed by atoms with van der Waals surface area (Å²) >= 11 is 0. The quantitative estimate of drug-likeness (QED) is 0.467. The van der Waals surface area contributed by atoms with Gasteiger partial charge in [-0.05, 0) is 67.1 Å². The Labute approximate surface area is 187 Å². The highest BCUT2D eigenvalue weighted by Crippen LogP contribution is 2.45. The Balaban J connectivity index is 1.41. The SMILES string of the molecule is CCCC1(C)CCC(c2ccc(-c3ccc(C4OCC(CC)CO4)cc3)c(F)c2)CC1. The molecule has 2 nitrogen and oxygen atoms in total. The van der Waals surface area contributed by atoms with Crippen LogP contribution in [0.5, 0.6) is 0 Å². The van der Waals surface area contributed by atoms with Crippen LogP contribution in [0.4, 0.5) is 4.39 Å². The molecule has 1 aliphatic carbocycles. The lowest BCUT2D eigenvalue weighted by Gasteiger charge is -2.37. The van der Waals surface area contributed by atoms with E-state index in [9.17, 15) is 0 Å². The standard InChI is InChI=1S/C28H37FO2/c1-4-14-28(3)15-12-21(13-16-28)24-10-11-25(26(29)17-24)22-6-8-23(9-7-22)27-30-18-20(5-2)19-31-27/h6-11,17,20-21,27H,4-5,12-16,18-19H2,1-3H3. The van der Waals surface area contributed by atoms with E-state index in [4.69, 9.17) is 9.47 Å². The van der Waals surface area contributed by atoms with Crippen LogP contribution in [-0.4, -0.2) is 13.2 Å². The van der Waals surface area contributed by atoms with Gasteiger partial charge in [0.05, 0.1) is 13.2 Å². The predicted octanol–water partition coefficient (Wildman–Crippen LogP) is 8.03. The zero-order chi connectivity index (χ0) is 21.8. The molecule has 2 aliphatic rings. The van der Waals surface area contributed by atoms with Crippen LogP contribution in [0.25, 0.3) is 11.1 Å². The highest BCUT2D eigenvalue weighted by Gasteiger charge is 2.31. The number of benzene rings is 2. The normalized spacial score (nSPS) is 29.1. The number of rotatable bonds is 6. The number of halogens is 1.